The largest absolute Gasteiger partial charge is 0.368 e. The summed E-state index contributed by atoms with van der Waals surface area (Å²) in [6.45, 7) is 8.28. The molecule has 2 rings (SSSR count). The Morgan fingerprint density at radius 1 is 0.871 bits per heavy atom. The van der Waals surface area contributed by atoms with Crippen molar-refractivity contribution in [2.45, 2.75) is 64.5 Å². The number of nitrogens with one attached hydrogen (secondary N) is 2. The summed E-state index contributed by atoms with van der Waals surface area (Å²) in [6.07, 6.45) is 0.331. The van der Waals surface area contributed by atoms with E-state index < -0.39 is 11.9 Å². The Morgan fingerprint density at radius 2 is 1.42 bits per heavy atom. The van der Waals surface area contributed by atoms with Gasteiger partial charge in [0.15, 0.2) is 0 Å². The van der Waals surface area contributed by atoms with E-state index in [0.29, 0.717) is 6.42 Å². The first kappa shape index (κ1) is 24.1. The molecule has 6 nitrogen and oxygen atoms in total. The molecule has 0 aromatic heterocycles. The van der Waals surface area contributed by atoms with E-state index in [0.717, 1.165) is 11.1 Å². The van der Waals surface area contributed by atoms with Gasteiger partial charge in [-0.1, -0.05) is 75.4 Å². The maximum absolute atomic E-state index is 12.3. The van der Waals surface area contributed by atoms with Gasteiger partial charge in [0.1, 0.15) is 6.04 Å². The summed E-state index contributed by atoms with van der Waals surface area (Å²) in [7, 11) is 0. The predicted molar refractivity (Wildman–Crippen MR) is 122 cm³/mol. The van der Waals surface area contributed by atoms with Gasteiger partial charge in [-0.2, -0.15) is 0 Å². The molecule has 31 heavy (non-hydrogen) atoms. The normalized spacial score (nSPS) is 13.2. The number of rotatable bonds is 9. The van der Waals surface area contributed by atoms with Crippen molar-refractivity contribution < 1.29 is 14.4 Å². The molecule has 4 N–H and O–H groups in total. The van der Waals surface area contributed by atoms with Crippen LogP contribution in [-0.2, 0) is 26.2 Å². The molecular weight excluding hydrogens is 390 g/mol. The number of nitrogens with two attached hydrogens (primary N) is 1. The fourth-order valence-corrected chi connectivity index (χ4v) is 3.23. The molecule has 0 bridgehead atoms. The van der Waals surface area contributed by atoms with E-state index in [9.17, 15) is 14.4 Å². The second-order valence-electron chi connectivity index (χ2n) is 8.87. The molecule has 0 saturated heterocycles. The monoisotopic (exact) mass is 423 g/mol. The van der Waals surface area contributed by atoms with E-state index in [1.165, 1.54) is 5.56 Å². The van der Waals surface area contributed by atoms with E-state index in [4.69, 9.17) is 5.73 Å². The van der Waals surface area contributed by atoms with Crippen molar-refractivity contribution in [2.75, 3.05) is 0 Å². The summed E-state index contributed by atoms with van der Waals surface area (Å²) in [6, 6.07) is 16.6. The Hall–Kier alpha value is -3.15. The maximum atomic E-state index is 12.3. The molecule has 0 aliphatic rings. The lowest BCUT2D eigenvalue weighted by molar-refractivity contribution is -0.129. The van der Waals surface area contributed by atoms with E-state index in [-0.39, 0.29) is 36.1 Å². The second-order valence-corrected chi connectivity index (χ2v) is 8.87. The number of hydrogen-bond donors (Lipinski definition) is 3. The molecule has 2 atom stereocenters. The Kier molecular flexibility index (Phi) is 8.37. The van der Waals surface area contributed by atoms with Gasteiger partial charge in [0.05, 0.1) is 6.04 Å². The van der Waals surface area contributed by atoms with Gasteiger partial charge < -0.3 is 16.4 Å². The molecule has 2 aromatic rings. The zero-order valence-corrected chi connectivity index (χ0v) is 18.8. The lowest BCUT2D eigenvalue weighted by atomic mass is 9.86. The summed E-state index contributed by atoms with van der Waals surface area (Å²) < 4.78 is 0. The number of benzene rings is 2. The van der Waals surface area contributed by atoms with E-state index in [2.05, 4.69) is 31.4 Å². The van der Waals surface area contributed by atoms with Crippen LogP contribution in [0.2, 0.25) is 0 Å². The standard InChI is InChI=1S/C25H33N3O3/c1-17(19-8-6-5-7-9-19)27-22(29)14-15-23(30)28-21(24(26)31)16-18-10-12-20(13-11-18)25(2,3)4/h5-13,17,21H,14-16H2,1-4H3,(H2,26,31)(H,27,29)(H,28,30)/t17-,21-/m1/s1. The second kappa shape index (κ2) is 10.8. The van der Waals surface area contributed by atoms with Gasteiger partial charge >= 0.3 is 0 Å². The fourth-order valence-electron chi connectivity index (χ4n) is 3.23. The minimum Gasteiger partial charge on any atom is -0.368 e. The third-order valence-corrected chi connectivity index (χ3v) is 5.19. The molecule has 166 valence electrons. The average molecular weight is 424 g/mol. The number of primary amides is 1. The van der Waals surface area contributed by atoms with Crippen molar-refractivity contribution in [3.63, 3.8) is 0 Å². The van der Waals surface area contributed by atoms with E-state index in [1.54, 1.807) is 0 Å². The lowest BCUT2D eigenvalue weighted by Crippen LogP contribution is -2.46. The zero-order valence-electron chi connectivity index (χ0n) is 18.8. The Labute approximate surface area is 184 Å². The summed E-state index contributed by atoms with van der Waals surface area (Å²) in [4.78, 5) is 36.3. The van der Waals surface area contributed by atoms with Crippen molar-refractivity contribution in [3.8, 4) is 0 Å². The van der Waals surface area contributed by atoms with Crippen LogP contribution in [0.25, 0.3) is 0 Å². The van der Waals surface area contributed by atoms with Gasteiger partial charge in [-0.25, -0.2) is 0 Å². The van der Waals surface area contributed by atoms with Crippen molar-refractivity contribution in [3.05, 3.63) is 71.3 Å². The predicted octanol–water partition coefficient (Wildman–Crippen LogP) is 3.15. The molecular formula is C25H33N3O3. The first-order chi connectivity index (χ1) is 14.6. The molecule has 3 amide bonds. The topological polar surface area (TPSA) is 101 Å². The van der Waals surface area contributed by atoms with Crippen LogP contribution in [0.4, 0.5) is 0 Å². The molecule has 0 aliphatic carbocycles. The van der Waals surface area contributed by atoms with Crippen LogP contribution in [0.15, 0.2) is 54.6 Å². The maximum Gasteiger partial charge on any atom is 0.240 e. The minimum absolute atomic E-state index is 0.0138. The van der Waals surface area contributed by atoms with Crippen molar-refractivity contribution >= 4 is 17.7 Å². The minimum atomic E-state index is -0.820. The van der Waals surface area contributed by atoms with Crippen LogP contribution in [0.1, 0.15) is 63.3 Å². The average Bonchev–Trinajstić information content (AvgIpc) is 2.72. The molecule has 0 unspecified atom stereocenters. The van der Waals surface area contributed by atoms with Crippen LogP contribution in [-0.4, -0.2) is 23.8 Å². The molecule has 0 saturated carbocycles. The molecule has 0 heterocycles. The number of hydrogen-bond acceptors (Lipinski definition) is 3. The van der Waals surface area contributed by atoms with E-state index >= 15 is 0 Å². The summed E-state index contributed by atoms with van der Waals surface area (Å²) in [5, 5.41) is 5.53. The number of carbonyl (C=O) groups excluding carboxylic acids is 3. The van der Waals surface area contributed by atoms with Crippen LogP contribution >= 0.6 is 0 Å². The summed E-state index contributed by atoms with van der Waals surface area (Å²) >= 11 is 0. The Balaban J connectivity index is 1.85. The van der Waals surface area contributed by atoms with Crippen molar-refractivity contribution in [2.24, 2.45) is 5.73 Å². The molecule has 0 spiro atoms. The van der Waals surface area contributed by atoms with Gasteiger partial charge in [-0.05, 0) is 29.0 Å². The van der Waals surface area contributed by atoms with Crippen LogP contribution < -0.4 is 16.4 Å². The summed E-state index contributed by atoms with van der Waals surface area (Å²) in [5.74, 6) is -1.20. The smallest absolute Gasteiger partial charge is 0.240 e. The first-order valence-electron chi connectivity index (χ1n) is 10.6. The molecule has 0 aliphatic heterocycles. The van der Waals surface area contributed by atoms with Gasteiger partial charge in [0, 0.05) is 19.3 Å². The van der Waals surface area contributed by atoms with Gasteiger partial charge in [0.25, 0.3) is 0 Å². The molecule has 0 fully saturated rings. The van der Waals surface area contributed by atoms with Gasteiger partial charge in [-0.15, -0.1) is 0 Å². The Morgan fingerprint density at radius 3 is 1.94 bits per heavy atom. The van der Waals surface area contributed by atoms with Crippen molar-refractivity contribution in [1.82, 2.24) is 10.6 Å². The van der Waals surface area contributed by atoms with Crippen LogP contribution in [0, 0.1) is 0 Å². The highest BCUT2D eigenvalue weighted by molar-refractivity contribution is 5.88. The highest BCUT2D eigenvalue weighted by Gasteiger charge is 2.20. The Bertz CT molecular complexity index is 886. The SMILES string of the molecule is C[C@@H](NC(=O)CCC(=O)N[C@H](Cc1ccc(C(C)(C)C)cc1)C(N)=O)c1ccccc1. The van der Waals surface area contributed by atoms with Crippen LogP contribution in [0.5, 0.6) is 0 Å². The highest BCUT2D eigenvalue weighted by atomic mass is 16.2. The number of carbonyl (C=O) groups is 3. The lowest BCUT2D eigenvalue weighted by Gasteiger charge is -2.20. The molecule has 0 radical (unpaired) electrons. The van der Waals surface area contributed by atoms with E-state index in [1.807, 2.05) is 61.5 Å². The van der Waals surface area contributed by atoms with Crippen molar-refractivity contribution in [1.29, 1.82) is 0 Å². The third-order valence-electron chi connectivity index (χ3n) is 5.19. The fraction of sp³-hybridized carbons (Fsp3) is 0.400. The van der Waals surface area contributed by atoms with Gasteiger partial charge in [0.2, 0.25) is 17.7 Å². The quantitative estimate of drug-likeness (QED) is 0.577. The zero-order chi connectivity index (χ0) is 23.0. The molecule has 2 aromatic carbocycles. The third kappa shape index (κ3) is 7.89. The number of amides is 3. The highest BCUT2D eigenvalue weighted by Crippen LogP contribution is 2.22. The molecule has 6 heteroatoms. The van der Waals surface area contributed by atoms with Gasteiger partial charge in [-0.3, -0.25) is 14.4 Å². The first-order valence-corrected chi connectivity index (χ1v) is 10.6. The van der Waals surface area contributed by atoms with Crippen LogP contribution in [0.3, 0.4) is 0 Å². The summed E-state index contributed by atoms with van der Waals surface area (Å²) in [5.41, 5.74) is 8.61.